The average Bonchev–Trinajstić information content (AvgIpc) is 2.33. The normalized spacial score (nSPS) is 29.2. The first-order valence-electron chi connectivity index (χ1n) is 7.22. The molecule has 1 amide bonds. The average molecular weight is 310 g/mol. The van der Waals surface area contributed by atoms with Gasteiger partial charge in [-0.1, -0.05) is 20.8 Å². The molecule has 21 heavy (non-hydrogen) atoms. The third-order valence-corrected chi connectivity index (χ3v) is 4.85. The van der Waals surface area contributed by atoms with Gasteiger partial charge in [-0.25, -0.2) is 0 Å². The minimum absolute atomic E-state index is 0.0436. The van der Waals surface area contributed by atoms with Crippen LogP contribution in [-0.4, -0.2) is 47.8 Å². The van der Waals surface area contributed by atoms with E-state index in [-0.39, 0.29) is 18.5 Å². The van der Waals surface area contributed by atoms with E-state index in [9.17, 15) is 18.0 Å². The molecule has 124 valence electrons. The minimum Gasteiger partial charge on any atom is -0.395 e. The molecule has 4 nitrogen and oxygen atoms in total. The molecule has 0 saturated heterocycles. The van der Waals surface area contributed by atoms with Crippen molar-refractivity contribution in [1.29, 1.82) is 0 Å². The van der Waals surface area contributed by atoms with Crippen LogP contribution in [0.4, 0.5) is 13.2 Å². The van der Waals surface area contributed by atoms with Crippen LogP contribution in [0.15, 0.2) is 0 Å². The smallest absolute Gasteiger partial charge is 0.395 e. The molecule has 0 radical (unpaired) electrons. The topological polar surface area (TPSA) is 66.6 Å². The van der Waals surface area contributed by atoms with E-state index in [4.69, 9.17) is 10.8 Å². The van der Waals surface area contributed by atoms with E-state index in [1.807, 2.05) is 20.8 Å². The predicted molar refractivity (Wildman–Crippen MR) is 73.4 cm³/mol. The molecule has 0 aliphatic heterocycles. The number of hydrogen-bond acceptors (Lipinski definition) is 3. The molecule has 1 rings (SSSR count). The Morgan fingerprint density at radius 2 is 1.95 bits per heavy atom. The molecule has 0 spiro atoms. The number of rotatable bonds is 4. The van der Waals surface area contributed by atoms with Crippen molar-refractivity contribution in [3.8, 4) is 0 Å². The van der Waals surface area contributed by atoms with Crippen LogP contribution in [-0.2, 0) is 4.79 Å². The maximum absolute atomic E-state index is 12.6. The van der Waals surface area contributed by atoms with Gasteiger partial charge in [-0.15, -0.1) is 0 Å². The molecule has 3 atom stereocenters. The Bertz CT molecular complexity index is 372. The van der Waals surface area contributed by atoms with Gasteiger partial charge in [-0.05, 0) is 24.2 Å². The monoisotopic (exact) mass is 310 g/mol. The first-order valence-corrected chi connectivity index (χ1v) is 7.22. The van der Waals surface area contributed by atoms with Crippen LogP contribution in [0.1, 0.15) is 33.6 Å². The molecule has 3 unspecified atom stereocenters. The zero-order valence-corrected chi connectivity index (χ0v) is 12.8. The summed E-state index contributed by atoms with van der Waals surface area (Å²) in [5, 5.41) is 8.92. The fourth-order valence-corrected chi connectivity index (χ4v) is 3.12. The molecule has 1 fully saturated rings. The second-order valence-corrected chi connectivity index (χ2v) is 6.50. The van der Waals surface area contributed by atoms with Crippen LogP contribution in [0.5, 0.6) is 0 Å². The Hall–Kier alpha value is -0.820. The van der Waals surface area contributed by atoms with Gasteiger partial charge >= 0.3 is 6.18 Å². The highest BCUT2D eigenvalue weighted by Gasteiger charge is 2.47. The summed E-state index contributed by atoms with van der Waals surface area (Å²) in [6.45, 7) is 3.59. The van der Waals surface area contributed by atoms with Crippen molar-refractivity contribution in [1.82, 2.24) is 4.90 Å². The number of aliphatic hydroxyl groups excluding tert-OH is 1. The Morgan fingerprint density at radius 3 is 2.43 bits per heavy atom. The molecular weight excluding hydrogens is 285 g/mol. The summed E-state index contributed by atoms with van der Waals surface area (Å²) < 4.78 is 37.8. The highest BCUT2D eigenvalue weighted by Crippen LogP contribution is 2.45. The lowest BCUT2D eigenvalue weighted by Crippen LogP contribution is -2.54. The quantitative estimate of drug-likeness (QED) is 0.831. The second-order valence-electron chi connectivity index (χ2n) is 6.50. The van der Waals surface area contributed by atoms with Gasteiger partial charge in [0.2, 0.25) is 5.91 Å². The van der Waals surface area contributed by atoms with Crippen LogP contribution in [0.2, 0.25) is 0 Å². The highest BCUT2D eigenvalue weighted by molar-refractivity contribution is 5.80. The van der Waals surface area contributed by atoms with Crippen molar-refractivity contribution in [3.05, 3.63) is 0 Å². The van der Waals surface area contributed by atoms with E-state index in [0.717, 1.165) is 4.90 Å². The number of halogens is 3. The van der Waals surface area contributed by atoms with Crippen molar-refractivity contribution in [3.63, 3.8) is 0 Å². The summed E-state index contributed by atoms with van der Waals surface area (Å²) in [6, 6.07) is -0.0436. The predicted octanol–water partition coefficient (Wildman–Crippen LogP) is 1.77. The zero-order valence-electron chi connectivity index (χ0n) is 12.8. The molecular formula is C14H25F3N2O2. The highest BCUT2D eigenvalue weighted by atomic mass is 19.4. The van der Waals surface area contributed by atoms with E-state index in [2.05, 4.69) is 0 Å². The van der Waals surface area contributed by atoms with Crippen LogP contribution in [0.3, 0.4) is 0 Å². The van der Waals surface area contributed by atoms with Gasteiger partial charge in [0.05, 0.1) is 6.61 Å². The first kappa shape index (κ1) is 18.2. The molecule has 0 heterocycles. The lowest BCUT2D eigenvalue weighted by atomic mass is 9.60. The number of nitrogens with zero attached hydrogens (tertiary/aromatic N) is 1. The Morgan fingerprint density at radius 1 is 1.38 bits per heavy atom. The summed E-state index contributed by atoms with van der Waals surface area (Å²) in [6.07, 6.45) is -3.36. The Kier molecular flexibility index (Phi) is 5.66. The molecule has 1 saturated carbocycles. The lowest BCUT2D eigenvalue weighted by Gasteiger charge is -2.47. The van der Waals surface area contributed by atoms with E-state index in [1.165, 1.54) is 0 Å². The summed E-state index contributed by atoms with van der Waals surface area (Å²) in [5.41, 5.74) is 5.54. The van der Waals surface area contributed by atoms with Crippen LogP contribution < -0.4 is 5.73 Å². The van der Waals surface area contributed by atoms with E-state index >= 15 is 0 Å². The van der Waals surface area contributed by atoms with Crippen molar-refractivity contribution < 1.29 is 23.1 Å². The number of carbonyl (C=O) groups excluding carboxylic acids is 1. The molecule has 0 bridgehead atoms. The summed E-state index contributed by atoms with van der Waals surface area (Å²) >= 11 is 0. The van der Waals surface area contributed by atoms with E-state index in [1.54, 1.807) is 0 Å². The number of alkyl halides is 3. The third-order valence-electron chi connectivity index (χ3n) is 4.85. The van der Waals surface area contributed by atoms with Crippen LogP contribution in [0, 0.1) is 17.3 Å². The van der Waals surface area contributed by atoms with Gasteiger partial charge in [0, 0.05) is 18.5 Å². The number of nitrogens with two attached hydrogens (primary N) is 1. The van der Waals surface area contributed by atoms with Crippen molar-refractivity contribution >= 4 is 5.91 Å². The Balaban J connectivity index is 2.92. The van der Waals surface area contributed by atoms with Crippen molar-refractivity contribution in [2.45, 2.75) is 45.8 Å². The van der Waals surface area contributed by atoms with Gasteiger partial charge in [-0.3, -0.25) is 4.79 Å². The first-order chi connectivity index (χ1) is 9.50. The maximum Gasteiger partial charge on any atom is 0.406 e. The Labute approximate surface area is 123 Å². The SMILES string of the molecule is CC1C(N)CCC(C(=O)N(CCO)CC(F)(F)F)C1(C)C. The summed E-state index contributed by atoms with van der Waals surface area (Å²) in [7, 11) is 0. The largest absolute Gasteiger partial charge is 0.406 e. The number of aliphatic hydroxyl groups is 1. The number of hydrogen-bond donors (Lipinski definition) is 2. The fourth-order valence-electron chi connectivity index (χ4n) is 3.12. The summed E-state index contributed by atoms with van der Waals surface area (Å²) in [5.74, 6) is -0.992. The number of amides is 1. The van der Waals surface area contributed by atoms with Gasteiger partial charge < -0.3 is 15.7 Å². The van der Waals surface area contributed by atoms with Gasteiger partial charge in [0.1, 0.15) is 6.54 Å². The fraction of sp³-hybridized carbons (Fsp3) is 0.929. The number of carbonyl (C=O) groups is 1. The van der Waals surface area contributed by atoms with E-state index in [0.29, 0.717) is 12.8 Å². The third kappa shape index (κ3) is 4.32. The summed E-state index contributed by atoms with van der Waals surface area (Å²) in [4.78, 5) is 13.2. The molecule has 1 aliphatic rings. The van der Waals surface area contributed by atoms with Gasteiger partial charge in [-0.2, -0.15) is 13.2 Å². The van der Waals surface area contributed by atoms with Crippen LogP contribution in [0.25, 0.3) is 0 Å². The van der Waals surface area contributed by atoms with Gasteiger partial charge in [0.25, 0.3) is 0 Å². The lowest BCUT2D eigenvalue weighted by molar-refractivity contribution is -0.169. The molecule has 7 heteroatoms. The molecule has 3 N–H and O–H groups in total. The second kappa shape index (κ2) is 6.52. The zero-order chi connectivity index (χ0) is 16.4. The van der Waals surface area contributed by atoms with Gasteiger partial charge in [0.15, 0.2) is 0 Å². The minimum atomic E-state index is -4.47. The maximum atomic E-state index is 12.6. The molecule has 0 aromatic heterocycles. The van der Waals surface area contributed by atoms with E-state index < -0.39 is 36.6 Å². The van der Waals surface area contributed by atoms with Crippen molar-refractivity contribution in [2.24, 2.45) is 23.0 Å². The standard InChI is InChI=1S/C14H25F3N2O2/c1-9-11(18)5-4-10(13(9,2)3)12(21)19(6-7-20)8-14(15,16)17/h9-11,20H,4-8,18H2,1-3H3. The van der Waals surface area contributed by atoms with Crippen molar-refractivity contribution in [2.75, 3.05) is 19.7 Å². The molecule has 1 aliphatic carbocycles. The van der Waals surface area contributed by atoms with Crippen LogP contribution >= 0.6 is 0 Å². The molecule has 0 aromatic rings. The molecule has 0 aromatic carbocycles.